The molecule has 2 heterocycles. The van der Waals surface area contributed by atoms with Crippen molar-refractivity contribution in [2.45, 2.75) is 33.4 Å². The van der Waals surface area contributed by atoms with Crippen LogP contribution >= 0.6 is 0 Å². The third-order valence-corrected chi connectivity index (χ3v) is 3.11. The second-order valence-electron chi connectivity index (χ2n) is 4.80. The molecule has 1 aromatic heterocycles. The Hall–Kier alpha value is -1.87. The zero-order chi connectivity index (χ0) is 15.3. The summed E-state index contributed by atoms with van der Waals surface area (Å²) in [5.41, 5.74) is 1.54. The summed E-state index contributed by atoms with van der Waals surface area (Å²) in [6.45, 7) is 6.40. The molecule has 1 aliphatic heterocycles. The van der Waals surface area contributed by atoms with Gasteiger partial charge in [-0.1, -0.05) is 13.8 Å². The normalized spacial score (nSPS) is 14.4. The molecule has 0 N–H and O–H groups in total. The lowest BCUT2D eigenvalue weighted by atomic mass is 10.1. The van der Waals surface area contributed by atoms with E-state index in [-0.39, 0.29) is 11.6 Å². The summed E-state index contributed by atoms with van der Waals surface area (Å²) < 4.78 is 1.80. The number of hydrogen-bond donors (Lipinski definition) is 0. The Kier molecular flexibility index (Phi) is 5.71. The van der Waals surface area contributed by atoms with Crippen molar-refractivity contribution in [2.24, 2.45) is 0 Å². The van der Waals surface area contributed by atoms with Crippen LogP contribution < -0.4 is 0 Å². The predicted octanol–water partition coefficient (Wildman–Crippen LogP) is 1.32. The molecule has 6 nitrogen and oxygen atoms in total. The van der Waals surface area contributed by atoms with Crippen molar-refractivity contribution in [3.05, 3.63) is 17.0 Å². The molecule has 0 aromatic carbocycles. The van der Waals surface area contributed by atoms with E-state index in [0.29, 0.717) is 12.1 Å². The van der Waals surface area contributed by atoms with E-state index in [1.165, 1.54) is 4.90 Å². The summed E-state index contributed by atoms with van der Waals surface area (Å²) in [7, 11) is 5.34. The highest BCUT2D eigenvalue weighted by Gasteiger charge is 2.25. The minimum absolute atomic E-state index is 0.213. The lowest BCUT2D eigenvalue weighted by Crippen LogP contribution is -2.23. The lowest BCUT2D eigenvalue weighted by molar-refractivity contribution is 0.0820. The molecule has 110 valence electrons. The lowest BCUT2D eigenvalue weighted by Gasteiger charge is -2.12. The maximum absolute atomic E-state index is 12.0. The Morgan fingerprint density at radius 2 is 2.00 bits per heavy atom. The second-order valence-corrected chi connectivity index (χ2v) is 4.80. The molecule has 1 aliphatic rings. The van der Waals surface area contributed by atoms with Gasteiger partial charge in [-0.2, -0.15) is 10.4 Å². The number of amides is 1. The molecule has 6 heteroatoms. The van der Waals surface area contributed by atoms with Crippen LogP contribution in [0, 0.1) is 11.3 Å². The monoisotopic (exact) mass is 277 g/mol. The van der Waals surface area contributed by atoms with E-state index >= 15 is 0 Å². The average Bonchev–Trinajstić information content (AvgIpc) is 2.67. The molecule has 2 rings (SSSR count). The first kappa shape index (κ1) is 16.2. The molecule has 1 amide bonds. The minimum Gasteiger partial charge on any atom is -0.343 e. The molecule has 0 aliphatic carbocycles. The number of carbonyl (C=O) groups excluding carboxylic acids is 1. The van der Waals surface area contributed by atoms with Gasteiger partial charge in [-0.05, 0) is 13.5 Å². The van der Waals surface area contributed by atoms with Gasteiger partial charge < -0.3 is 9.80 Å². The molecule has 0 spiro atoms. The molecule has 0 saturated carbocycles. The number of hydrogen-bond acceptors (Lipinski definition) is 4. The number of aryl methyl sites for hydroxylation is 1. The maximum Gasteiger partial charge on any atom is 0.275 e. The predicted molar refractivity (Wildman–Crippen MR) is 77.3 cm³/mol. The van der Waals surface area contributed by atoms with Gasteiger partial charge in [-0.15, -0.1) is 0 Å². The van der Waals surface area contributed by atoms with Gasteiger partial charge in [0.2, 0.25) is 0 Å². The van der Waals surface area contributed by atoms with E-state index in [4.69, 9.17) is 0 Å². The van der Waals surface area contributed by atoms with Crippen LogP contribution in [0.3, 0.4) is 0 Å². The van der Waals surface area contributed by atoms with Gasteiger partial charge in [0, 0.05) is 33.7 Å². The fourth-order valence-corrected chi connectivity index (χ4v) is 2.15. The van der Waals surface area contributed by atoms with Crippen LogP contribution in [0.5, 0.6) is 0 Å². The molecular formula is C14H23N5O. The molecule has 1 aromatic rings. The number of rotatable bonds is 1. The summed E-state index contributed by atoms with van der Waals surface area (Å²) in [4.78, 5) is 15.6. The fourth-order valence-electron chi connectivity index (χ4n) is 2.15. The Bertz CT molecular complexity index is 512. The largest absolute Gasteiger partial charge is 0.343 e. The zero-order valence-electron chi connectivity index (χ0n) is 13.0. The minimum atomic E-state index is -0.213. The topological polar surface area (TPSA) is 65.2 Å². The van der Waals surface area contributed by atoms with Crippen molar-refractivity contribution < 1.29 is 4.79 Å². The van der Waals surface area contributed by atoms with Gasteiger partial charge >= 0.3 is 0 Å². The number of carbonyl (C=O) groups is 1. The highest BCUT2D eigenvalue weighted by molar-refractivity contribution is 5.94. The first-order valence-corrected chi connectivity index (χ1v) is 6.94. The van der Waals surface area contributed by atoms with Crippen LogP contribution in [0.1, 0.15) is 42.0 Å². The van der Waals surface area contributed by atoms with Crippen molar-refractivity contribution in [1.82, 2.24) is 19.6 Å². The van der Waals surface area contributed by atoms with Crippen LogP contribution in [0.4, 0.5) is 0 Å². The zero-order valence-corrected chi connectivity index (χ0v) is 13.0. The number of nitriles is 1. The quantitative estimate of drug-likeness (QED) is 0.776. The highest BCUT2D eigenvalue weighted by atomic mass is 16.2. The van der Waals surface area contributed by atoms with Crippen molar-refractivity contribution in [2.75, 3.05) is 27.7 Å². The van der Waals surface area contributed by atoms with E-state index in [1.54, 1.807) is 18.8 Å². The van der Waals surface area contributed by atoms with Gasteiger partial charge in [0.15, 0.2) is 5.69 Å². The first-order valence-electron chi connectivity index (χ1n) is 6.94. The summed E-state index contributed by atoms with van der Waals surface area (Å²) in [6, 6.07) is 2.13. The van der Waals surface area contributed by atoms with Crippen LogP contribution in [0.15, 0.2) is 0 Å². The third kappa shape index (κ3) is 3.17. The third-order valence-electron chi connectivity index (χ3n) is 3.11. The van der Waals surface area contributed by atoms with E-state index in [2.05, 4.69) is 16.1 Å². The van der Waals surface area contributed by atoms with Crippen molar-refractivity contribution in [3.63, 3.8) is 0 Å². The summed E-state index contributed by atoms with van der Waals surface area (Å²) in [5, 5.41) is 13.6. The van der Waals surface area contributed by atoms with Crippen LogP contribution in [0.2, 0.25) is 0 Å². The van der Waals surface area contributed by atoms with Crippen LogP contribution in [-0.4, -0.2) is 53.2 Å². The Balaban J connectivity index is 0.000000956. The number of aromatic nitrogens is 2. The van der Waals surface area contributed by atoms with Gasteiger partial charge in [0.25, 0.3) is 5.91 Å². The number of nitrogens with zero attached hydrogens (tertiary/aromatic N) is 5. The summed E-state index contributed by atoms with van der Waals surface area (Å²) in [6.07, 6.45) is 0.978. The summed E-state index contributed by atoms with van der Waals surface area (Å²) in [5.74, 6) is -0.213. The standard InChI is InChI=1S/C12H17N5O.C2H6/c1-15(2)12(18)11-9(7-13)10-8-16(3)5-4-6-17(10)14-11;1-2/h4-6,8H2,1-3H3;1-2H3. The second kappa shape index (κ2) is 7.06. The Labute approximate surface area is 120 Å². The first-order chi connectivity index (χ1) is 9.54. The fraction of sp³-hybridized carbons (Fsp3) is 0.643. The molecule has 20 heavy (non-hydrogen) atoms. The van der Waals surface area contributed by atoms with Gasteiger partial charge in [-0.3, -0.25) is 9.48 Å². The number of fused-ring (bicyclic) bond motifs is 1. The van der Waals surface area contributed by atoms with E-state index in [0.717, 1.165) is 25.2 Å². The van der Waals surface area contributed by atoms with Crippen LogP contribution in [-0.2, 0) is 13.1 Å². The average molecular weight is 277 g/mol. The smallest absolute Gasteiger partial charge is 0.275 e. The molecule has 0 fully saturated rings. The summed E-state index contributed by atoms with van der Waals surface area (Å²) >= 11 is 0. The maximum atomic E-state index is 12.0. The van der Waals surface area contributed by atoms with E-state index in [9.17, 15) is 10.1 Å². The highest BCUT2D eigenvalue weighted by Crippen LogP contribution is 2.19. The Morgan fingerprint density at radius 1 is 1.35 bits per heavy atom. The van der Waals surface area contributed by atoms with Gasteiger partial charge in [-0.25, -0.2) is 0 Å². The molecule has 0 radical (unpaired) electrons. The molecule has 0 unspecified atom stereocenters. The molecule has 0 saturated heterocycles. The van der Waals surface area contributed by atoms with E-state index < -0.39 is 0 Å². The van der Waals surface area contributed by atoms with Gasteiger partial charge in [0.1, 0.15) is 11.6 Å². The van der Waals surface area contributed by atoms with Gasteiger partial charge in [0.05, 0.1) is 5.69 Å². The molecular weight excluding hydrogens is 254 g/mol. The molecule has 0 bridgehead atoms. The molecule has 0 atom stereocenters. The SMILES string of the molecule is CC.CN1CCCn2nc(C(=O)N(C)C)c(C#N)c2C1. The van der Waals surface area contributed by atoms with Crippen LogP contribution in [0.25, 0.3) is 0 Å². The van der Waals surface area contributed by atoms with Crippen molar-refractivity contribution in [1.29, 1.82) is 5.26 Å². The van der Waals surface area contributed by atoms with E-state index in [1.807, 2.05) is 20.9 Å². The Morgan fingerprint density at radius 3 is 2.55 bits per heavy atom. The van der Waals surface area contributed by atoms with Crippen molar-refractivity contribution in [3.8, 4) is 6.07 Å². The van der Waals surface area contributed by atoms with Crippen molar-refractivity contribution >= 4 is 5.91 Å².